The van der Waals surface area contributed by atoms with Crippen molar-refractivity contribution in [3.63, 3.8) is 0 Å². The van der Waals surface area contributed by atoms with Crippen molar-refractivity contribution < 1.29 is 14.7 Å². The number of carboxylic acid groups (broad SMARTS) is 1. The highest BCUT2D eigenvalue weighted by molar-refractivity contribution is 9.10. The summed E-state index contributed by atoms with van der Waals surface area (Å²) in [6.07, 6.45) is 1.67. The van der Waals surface area contributed by atoms with Crippen molar-refractivity contribution in [3.8, 4) is 0 Å². The predicted octanol–water partition coefficient (Wildman–Crippen LogP) is 3.30. The second kappa shape index (κ2) is 6.18. The standard InChI is InChI=1S/C16H20BrNO3/c1-16(2,12-5-3-4-6-13(12)17)18-14(19)10-7-8-11(9-10)15(20)21/h3-6,10-11H,7-9H2,1-2H3,(H,18,19)(H,20,21)/t10-,11+/m1/s1. The molecule has 0 heterocycles. The summed E-state index contributed by atoms with van der Waals surface area (Å²) in [7, 11) is 0. The average Bonchev–Trinajstić information content (AvgIpc) is 2.88. The summed E-state index contributed by atoms with van der Waals surface area (Å²) >= 11 is 3.51. The van der Waals surface area contributed by atoms with Crippen LogP contribution < -0.4 is 5.32 Å². The van der Waals surface area contributed by atoms with Gasteiger partial charge in [0.2, 0.25) is 5.91 Å². The zero-order valence-electron chi connectivity index (χ0n) is 12.2. The van der Waals surface area contributed by atoms with Crippen molar-refractivity contribution in [1.82, 2.24) is 5.32 Å². The van der Waals surface area contributed by atoms with Gasteiger partial charge in [-0.3, -0.25) is 9.59 Å². The first-order chi connectivity index (χ1) is 9.81. The number of carbonyl (C=O) groups excluding carboxylic acids is 1. The highest BCUT2D eigenvalue weighted by atomic mass is 79.9. The molecule has 1 fully saturated rings. The molecule has 0 unspecified atom stereocenters. The van der Waals surface area contributed by atoms with Crippen LogP contribution in [0, 0.1) is 11.8 Å². The van der Waals surface area contributed by atoms with Gasteiger partial charge in [-0.15, -0.1) is 0 Å². The number of nitrogens with one attached hydrogen (secondary N) is 1. The number of benzene rings is 1. The Kier molecular flexibility index (Phi) is 4.71. The van der Waals surface area contributed by atoms with Crippen LogP contribution >= 0.6 is 15.9 Å². The van der Waals surface area contributed by atoms with Crippen LogP contribution in [-0.4, -0.2) is 17.0 Å². The largest absolute Gasteiger partial charge is 0.481 e. The molecule has 2 rings (SSSR count). The van der Waals surface area contributed by atoms with Crippen LogP contribution in [-0.2, 0) is 15.1 Å². The highest BCUT2D eigenvalue weighted by Gasteiger charge is 2.36. The Hall–Kier alpha value is -1.36. The number of aliphatic carboxylic acids is 1. The van der Waals surface area contributed by atoms with Gasteiger partial charge in [0, 0.05) is 10.4 Å². The summed E-state index contributed by atoms with van der Waals surface area (Å²) in [5.74, 6) is -1.44. The molecule has 0 spiro atoms. The average molecular weight is 354 g/mol. The molecule has 5 heteroatoms. The van der Waals surface area contributed by atoms with Crippen LogP contribution in [0.15, 0.2) is 28.7 Å². The van der Waals surface area contributed by atoms with Gasteiger partial charge in [0.15, 0.2) is 0 Å². The fourth-order valence-corrected chi connectivity index (χ4v) is 3.67. The first-order valence-electron chi connectivity index (χ1n) is 7.11. The van der Waals surface area contributed by atoms with Crippen molar-refractivity contribution in [2.45, 2.75) is 38.6 Å². The van der Waals surface area contributed by atoms with Gasteiger partial charge in [0.25, 0.3) is 0 Å². The first-order valence-corrected chi connectivity index (χ1v) is 7.90. The van der Waals surface area contributed by atoms with Gasteiger partial charge in [-0.05, 0) is 44.7 Å². The van der Waals surface area contributed by atoms with Gasteiger partial charge >= 0.3 is 5.97 Å². The molecule has 0 aliphatic heterocycles. The lowest BCUT2D eigenvalue weighted by Crippen LogP contribution is -2.43. The van der Waals surface area contributed by atoms with Gasteiger partial charge in [0.05, 0.1) is 11.5 Å². The van der Waals surface area contributed by atoms with E-state index in [0.717, 1.165) is 10.0 Å². The fourth-order valence-electron chi connectivity index (χ4n) is 2.89. The third-order valence-corrected chi connectivity index (χ3v) is 4.83. The van der Waals surface area contributed by atoms with Crippen LogP contribution in [0.5, 0.6) is 0 Å². The number of hydrogen-bond acceptors (Lipinski definition) is 2. The smallest absolute Gasteiger partial charge is 0.306 e. The fraction of sp³-hybridized carbons (Fsp3) is 0.500. The van der Waals surface area contributed by atoms with E-state index in [9.17, 15) is 9.59 Å². The Morgan fingerprint density at radius 2 is 1.86 bits per heavy atom. The van der Waals surface area contributed by atoms with Gasteiger partial charge in [-0.2, -0.15) is 0 Å². The van der Waals surface area contributed by atoms with Crippen LogP contribution in [0.3, 0.4) is 0 Å². The minimum absolute atomic E-state index is 0.0560. The quantitative estimate of drug-likeness (QED) is 0.872. The van der Waals surface area contributed by atoms with E-state index in [1.165, 1.54) is 0 Å². The minimum Gasteiger partial charge on any atom is -0.481 e. The van der Waals surface area contributed by atoms with Crippen LogP contribution in [0.1, 0.15) is 38.7 Å². The van der Waals surface area contributed by atoms with Crippen molar-refractivity contribution in [1.29, 1.82) is 0 Å². The second-order valence-electron chi connectivity index (χ2n) is 6.14. The summed E-state index contributed by atoms with van der Waals surface area (Å²) in [5.41, 5.74) is 0.504. The molecule has 0 aromatic heterocycles. The van der Waals surface area contributed by atoms with Gasteiger partial charge in [-0.1, -0.05) is 34.1 Å². The van der Waals surface area contributed by atoms with Crippen molar-refractivity contribution in [2.75, 3.05) is 0 Å². The molecule has 4 nitrogen and oxygen atoms in total. The Labute approximate surface area is 133 Å². The molecule has 2 atom stereocenters. The summed E-state index contributed by atoms with van der Waals surface area (Å²) in [6, 6.07) is 7.78. The molecule has 1 saturated carbocycles. The lowest BCUT2D eigenvalue weighted by molar-refractivity contribution is -0.141. The molecule has 0 radical (unpaired) electrons. The topological polar surface area (TPSA) is 66.4 Å². The third-order valence-electron chi connectivity index (χ3n) is 4.14. The van der Waals surface area contributed by atoms with Crippen LogP contribution in [0.2, 0.25) is 0 Å². The number of carbonyl (C=O) groups is 2. The molecule has 0 bridgehead atoms. The zero-order chi connectivity index (χ0) is 15.6. The summed E-state index contributed by atoms with van der Waals surface area (Å²) in [5, 5.41) is 12.1. The van der Waals surface area contributed by atoms with E-state index >= 15 is 0 Å². The van der Waals surface area contributed by atoms with Gasteiger partial charge in [0.1, 0.15) is 0 Å². The first kappa shape index (κ1) is 16.0. The SMILES string of the molecule is CC(C)(NC(=O)[C@@H]1CC[C@H](C(=O)O)C1)c1ccccc1Br. The molecule has 1 aliphatic rings. The van der Waals surface area contributed by atoms with Crippen molar-refractivity contribution in [3.05, 3.63) is 34.3 Å². The molecule has 1 aromatic carbocycles. The van der Waals surface area contributed by atoms with Crippen molar-refractivity contribution in [2.24, 2.45) is 11.8 Å². The van der Waals surface area contributed by atoms with Gasteiger partial charge in [-0.25, -0.2) is 0 Å². The Bertz CT molecular complexity index is 556. The molecular weight excluding hydrogens is 334 g/mol. The highest BCUT2D eigenvalue weighted by Crippen LogP contribution is 2.33. The molecule has 1 amide bonds. The molecule has 1 aliphatic carbocycles. The van der Waals surface area contributed by atoms with Crippen LogP contribution in [0.25, 0.3) is 0 Å². The summed E-state index contributed by atoms with van der Waals surface area (Å²) in [6.45, 7) is 3.91. The van der Waals surface area contributed by atoms with E-state index in [0.29, 0.717) is 19.3 Å². The van der Waals surface area contributed by atoms with E-state index in [1.54, 1.807) is 0 Å². The lowest BCUT2D eigenvalue weighted by Gasteiger charge is -2.29. The number of halogens is 1. The Morgan fingerprint density at radius 3 is 2.43 bits per heavy atom. The number of amides is 1. The number of rotatable bonds is 4. The molecular formula is C16H20BrNO3. The third kappa shape index (κ3) is 3.64. The molecule has 0 saturated heterocycles. The maximum Gasteiger partial charge on any atom is 0.306 e. The van der Waals surface area contributed by atoms with E-state index in [1.807, 2.05) is 38.1 Å². The monoisotopic (exact) mass is 353 g/mol. The summed E-state index contributed by atoms with van der Waals surface area (Å²) < 4.78 is 0.949. The summed E-state index contributed by atoms with van der Waals surface area (Å²) in [4.78, 5) is 23.4. The molecule has 114 valence electrons. The van der Waals surface area contributed by atoms with E-state index in [-0.39, 0.29) is 17.7 Å². The van der Waals surface area contributed by atoms with E-state index in [4.69, 9.17) is 5.11 Å². The molecule has 2 N–H and O–H groups in total. The lowest BCUT2D eigenvalue weighted by atomic mass is 9.93. The number of hydrogen-bond donors (Lipinski definition) is 2. The minimum atomic E-state index is -0.796. The second-order valence-corrected chi connectivity index (χ2v) is 6.99. The van der Waals surface area contributed by atoms with E-state index < -0.39 is 11.5 Å². The van der Waals surface area contributed by atoms with E-state index in [2.05, 4.69) is 21.2 Å². The maximum absolute atomic E-state index is 12.4. The predicted molar refractivity (Wildman–Crippen MR) is 83.8 cm³/mol. The molecule has 1 aromatic rings. The maximum atomic E-state index is 12.4. The number of carboxylic acids is 1. The normalized spacial score (nSPS) is 22.0. The van der Waals surface area contributed by atoms with Crippen LogP contribution in [0.4, 0.5) is 0 Å². The zero-order valence-corrected chi connectivity index (χ0v) is 13.8. The Morgan fingerprint density at radius 1 is 1.24 bits per heavy atom. The Balaban J connectivity index is 2.06. The van der Waals surface area contributed by atoms with Crippen molar-refractivity contribution >= 4 is 27.8 Å². The molecule has 21 heavy (non-hydrogen) atoms. The van der Waals surface area contributed by atoms with Gasteiger partial charge < -0.3 is 10.4 Å².